The zero-order valence-electron chi connectivity index (χ0n) is 11.7. The molecule has 2 atom stereocenters. The van der Waals surface area contributed by atoms with Crippen LogP contribution in [0, 0.1) is 0 Å². The van der Waals surface area contributed by atoms with Gasteiger partial charge < -0.3 is 14.7 Å². The largest absolute Gasteiger partial charge is 0.394 e. The molecular weight excluding hydrogens is 274 g/mol. The van der Waals surface area contributed by atoms with Gasteiger partial charge in [-0.1, -0.05) is 18.2 Å². The minimum absolute atomic E-state index is 0.00775. The number of rotatable bonds is 5. The maximum atomic E-state index is 12.2. The van der Waals surface area contributed by atoms with Crippen LogP contribution in [0.5, 0.6) is 0 Å². The van der Waals surface area contributed by atoms with E-state index in [0.29, 0.717) is 19.5 Å². The predicted molar refractivity (Wildman–Crippen MR) is 79.8 cm³/mol. The third-order valence-corrected chi connectivity index (χ3v) is 4.22. The van der Waals surface area contributed by atoms with Gasteiger partial charge in [0, 0.05) is 30.2 Å². The van der Waals surface area contributed by atoms with E-state index >= 15 is 0 Å². The highest BCUT2D eigenvalue weighted by molar-refractivity contribution is 7.99. The number of amides is 1. The van der Waals surface area contributed by atoms with Crippen molar-refractivity contribution >= 4 is 17.7 Å². The summed E-state index contributed by atoms with van der Waals surface area (Å²) in [5, 5.41) is 9.17. The van der Waals surface area contributed by atoms with Crippen LogP contribution in [-0.4, -0.2) is 53.6 Å². The second-order valence-corrected chi connectivity index (χ2v) is 6.13. The summed E-state index contributed by atoms with van der Waals surface area (Å²) in [6, 6.07) is 10.1. The molecule has 1 aromatic rings. The van der Waals surface area contributed by atoms with E-state index < -0.39 is 0 Å². The standard InChI is InChI=1S/C15H21NO3S/c1-12-9-16(10-13(11-17)19-12)15(18)7-8-20-14-5-3-2-4-6-14/h2-6,12-13,17H,7-11H2,1H3. The molecule has 2 rings (SSSR count). The number of hydrogen-bond donors (Lipinski definition) is 1. The summed E-state index contributed by atoms with van der Waals surface area (Å²) in [6.07, 6.45) is 0.265. The molecule has 1 heterocycles. The van der Waals surface area contributed by atoms with Crippen molar-refractivity contribution in [1.29, 1.82) is 0 Å². The Morgan fingerprint density at radius 3 is 2.85 bits per heavy atom. The Morgan fingerprint density at radius 2 is 2.15 bits per heavy atom. The number of aliphatic hydroxyl groups excluding tert-OH is 1. The number of morpholine rings is 1. The molecule has 110 valence electrons. The van der Waals surface area contributed by atoms with E-state index in [1.807, 2.05) is 37.3 Å². The third-order valence-electron chi connectivity index (χ3n) is 3.21. The summed E-state index contributed by atoms with van der Waals surface area (Å²) in [5.41, 5.74) is 0. The monoisotopic (exact) mass is 295 g/mol. The zero-order valence-corrected chi connectivity index (χ0v) is 12.5. The van der Waals surface area contributed by atoms with Gasteiger partial charge in [0.15, 0.2) is 0 Å². The zero-order chi connectivity index (χ0) is 14.4. The van der Waals surface area contributed by atoms with Gasteiger partial charge in [-0.15, -0.1) is 11.8 Å². The van der Waals surface area contributed by atoms with Gasteiger partial charge in [0.25, 0.3) is 0 Å². The van der Waals surface area contributed by atoms with E-state index in [1.54, 1.807) is 16.7 Å². The van der Waals surface area contributed by atoms with Crippen LogP contribution >= 0.6 is 11.8 Å². The average molecular weight is 295 g/mol. The Hall–Kier alpha value is -1.04. The molecule has 1 aliphatic heterocycles. The first kappa shape index (κ1) is 15.4. The Morgan fingerprint density at radius 1 is 1.40 bits per heavy atom. The van der Waals surface area contributed by atoms with Crippen molar-refractivity contribution in [3.8, 4) is 0 Å². The van der Waals surface area contributed by atoms with Crippen LogP contribution < -0.4 is 0 Å². The molecule has 0 spiro atoms. The molecule has 0 bridgehead atoms. The molecule has 4 nitrogen and oxygen atoms in total. The highest BCUT2D eigenvalue weighted by Gasteiger charge is 2.27. The summed E-state index contributed by atoms with van der Waals surface area (Å²) in [4.78, 5) is 15.2. The molecule has 0 saturated carbocycles. The van der Waals surface area contributed by atoms with Gasteiger partial charge in [-0.3, -0.25) is 4.79 Å². The van der Waals surface area contributed by atoms with E-state index in [1.165, 1.54) is 4.90 Å². The minimum atomic E-state index is -0.246. The molecule has 1 aromatic carbocycles. The molecule has 1 N–H and O–H groups in total. The van der Waals surface area contributed by atoms with Crippen molar-refractivity contribution in [3.63, 3.8) is 0 Å². The molecular formula is C15H21NO3S. The Labute approximate surface area is 124 Å². The fraction of sp³-hybridized carbons (Fsp3) is 0.533. The molecule has 1 saturated heterocycles. The van der Waals surface area contributed by atoms with Crippen molar-refractivity contribution in [1.82, 2.24) is 4.90 Å². The lowest BCUT2D eigenvalue weighted by atomic mass is 10.2. The van der Waals surface area contributed by atoms with Gasteiger partial charge in [0.05, 0.1) is 18.8 Å². The topological polar surface area (TPSA) is 49.8 Å². The highest BCUT2D eigenvalue weighted by atomic mass is 32.2. The summed E-state index contributed by atoms with van der Waals surface area (Å²) < 4.78 is 5.54. The van der Waals surface area contributed by atoms with Crippen molar-refractivity contribution in [3.05, 3.63) is 30.3 Å². The van der Waals surface area contributed by atoms with Crippen LogP contribution in [0.25, 0.3) is 0 Å². The molecule has 5 heteroatoms. The summed E-state index contributed by atoms with van der Waals surface area (Å²) >= 11 is 1.69. The number of aliphatic hydroxyl groups is 1. The van der Waals surface area contributed by atoms with Crippen molar-refractivity contribution in [2.75, 3.05) is 25.4 Å². The number of hydrogen-bond acceptors (Lipinski definition) is 4. The summed E-state index contributed by atoms with van der Waals surface area (Å²) in [7, 11) is 0. The molecule has 0 aromatic heterocycles. The summed E-state index contributed by atoms with van der Waals surface area (Å²) in [6.45, 7) is 3.01. The van der Waals surface area contributed by atoms with E-state index in [9.17, 15) is 4.79 Å². The first-order valence-electron chi connectivity index (χ1n) is 6.91. The van der Waals surface area contributed by atoms with Gasteiger partial charge in [-0.25, -0.2) is 0 Å². The van der Waals surface area contributed by atoms with E-state index in [4.69, 9.17) is 9.84 Å². The van der Waals surface area contributed by atoms with Gasteiger partial charge in [-0.05, 0) is 19.1 Å². The normalized spacial score (nSPS) is 22.8. The van der Waals surface area contributed by atoms with Crippen molar-refractivity contribution < 1.29 is 14.6 Å². The van der Waals surface area contributed by atoms with Crippen LogP contribution in [0.1, 0.15) is 13.3 Å². The lowest BCUT2D eigenvalue weighted by molar-refractivity contribution is -0.146. The van der Waals surface area contributed by atoms with Gasteiger partial charge in [-0.2, -0.15) is 0 Å². The van der Waals surface area contributed by atoms with Crippen LogP contribution in [-0.2, 0) is 9.53 Å². The Kier molecular flexibility index (Phi) is 5.88. The summed E-state index contributed by atoms with van der Waals surface area (Å²) in [5.74, 6) is 0.917. The maximum Gasteiger partial charge on any atom is 0.223 e. The van der Waals surface area contributed by atoms with Crippen LogP contribution in [0.4, 0.5) is 0 Å². The number of nitrogens with zero attached hydrogens (tertiary/aromatic N) is 1. The van der Waals surface area contributed by atoms with E-state index in [0.717, 1.165) is 5.75 Å². The Balaban J connectivity index is 1.76. The molecule has 0 aliphatic carbocycles. The average Bonchev–Trinajstić information content (AvgIpc) is 2.47. The SMILES string of the molecule is CC1CN(C(=O)CCSc2ccccc2)CC(CO)O1. The fourth-order valence-corrected chi connectivity index (χ4v) is 3.14. The van der Waals surface area contributed by atoms with Crippen LogP contribution in [0.15, 0.2) is 35.2 Å². The molecule has 1 aliphatic rings. The second-order valence-electron chi connectivity index (χ2n) is 4.96. The maximum absolute atomic E-state index is 12.2. The molecule has 20 heavy (non-hydrogen) atoms. The second kappa shape index (κ2) is 7.67. The quantitative estimate of drug-likeness (QED) is 0.841. The smallest absolute Gasteiger partial charge is 0.223 e. The molecule has 2 unspecified atom stereocenters. The molecule has 1 amide bonds. The third kappa shape index (κ3) is 4.51. The number of benzene rings is 1. The van der Waals surface area contributed by atoms with Gasteiger partial charge >= 0.3 is 0 Å². The predicted octanol–water partition coefficient (Wildman–Crippen LogP) is 1.78. The Bertz CT molecular complexity index is 426. The number of carbonyl (C=O) groups is 1. The highest BCUT2D eigenvalue weighted by Crippen LogP contribution is 2.19. The van der Waals surface area contributed by atoms with Crippen LogP contribution in [0.2, 0.25) is 0 Å². The molecule has 1 fully saturated rings. The lowest BCUT2D eigenvalue weighted by Crippen LogP contribution is -2.50. The first-order valence-corrected chi connectivity index (χ1v) is 7.89. The van der Waals surface area contributed by atoms with E-state index in [-0.39, 0.29) is 24.7 Å². The van der Waals surface area contributed by atoms with Crippen molar-refractivity contribution in [2.45, 2.75) is 30.4 Å². The fourth-order valence-electron chi connectivity index (χ4n) is 2.28. The first-order chi connectivity index (χ1) is 9.69. The van der Waals surface area contributed by atoms with Gasteiger partial charge in [0.2, 0.25) is 5.91 Å². The number of thioether (sulfide) groups is 1. The lowest BCUT2D eigenvalue weighted by Gasteiger charge is -2.36. The minimum Gasteiger partial charge on any atom is -0.394 e. The van der Waals surface area contributed by atoms with Crippen molar-refractivity contribution in [2.24, 2.45) is 0 Å². The number of carbonyl (C=O) groups excluding carboxylic acids is 1. The van der Waals surface area contributed by atoms with E-state index in [2.05, 4.69) is 0 Å². The molecule has 0 radical (unpaired) electrons. The van der Waals surface area contributed by atoms with Crippen LogP contribution in [0.3, 0.4) is 0 Å². The number of ether oxygens (including phenoxy) is 1. The van der Waals surface area contributed by atoms with Gasteiger partial charge in [0.1, 0.15) is 0 Å².